The Kier molecular flexibility index (Phi) is 3.92. The van der Waals surface area contributed by atoms with Crippen molar-refractivity contribution in [3.05, 3.63) is 65.7 Å². The third-order valence-corrected chi connectivity index (χ3v) is 3.68. The molecule has 1 aromatic carbocycles. The van der Waals surface area contributed by atoms with E-state index >= 15 is 0 Å². The molecule has 1 fully saturated rings. The molecular weight excluding hydrogens is 269 g/mol. The van der Waals surface area contributed by atoms with Crippen LogP contribution in [-0.4, -0.2) is 35.4 Å². The second-order valence-corrected chi connectivity index (χ2v) is 4.98. The van der Waals surface area contributed by atoms with Crippen molar-refractivity contribution in [2.24, 2.45) is 0 Å². The molecule has 0 bridgehead atoms. The minimum atomic E-state index is -0.481. The van der Waals surface area contributed by atoms with Gasteiger partial charge in [0, 0.05) is 32.0 Å². The molecule has 1 N–H and O–H groups in total. The topological polar surface area (TPSA) is 45.2 Å². The maximum absolute atomic E-state index is 13.8. The van der Waals surface area contributed by atoms with Crippen molar-refractivity contribution in [2.75, 3.05) is 19.6 Å². The zero-order valence-electron chi connectivity index (χ0n) is 11.5. The van der Waals surface area contributed by atoms with Gasteiger partial charge < -0.3 is 10.2 Å². The van der Waals surface area contributed by atoms with Crippen molar-refractivity contribution in [3.8, 4) is 0 Å². The predicted octanol–water partition coefficient (Wildman–Crippen LogP) is 2.01. The molecule has 2 heterocycles. The number of amides is 1. The first-order valence-corrected chi connectivity index (χ1v) is 6.93. The molecule has 4 nitrogen and oxygen atoms in total. The molecule has 2 aromatic rings. The van der Waals surface area contributed by atoms with E-state index in [2.05, 4.69) is 10.3 Å². The van der Waals surface area contributed by atoms with Crippen molar-refractivity contribution in [1.29, 1.82) is 0 Å². The minimum Gasteiger partial charge on any atom is -0.329 e. The van der Waals surface area contributed by atoms with Crippen LogP contribution in [0.1, 0.15) is 22.0 Å². The number of hydrogen-bond donors (Lipinski definition) is 1. The Balaban J connectivity index is 1.91. The lowest BCUT2D eigenvalue weighted by molar-refractivity contribution is 0.0629. The Hall–Kier alpha value is -2.27. The van der Waals surface area contributed by atoms with Crippen LogP contribution in [0.5, 0.6) is 0 Å². The predicted molar refractivity (Wildman–Crippen MR) is 77.3 cm³/mol. The SMILES string of the molecule is O=C(c1ccccc1F)N1CCNCC1c1cccnc1. The lowest BCUT2D eigenvalue weighted by Gasteiger charge is -2.36. The summed E-state index contributed by atoms with van der Waals surface area (Å²) in [5.74, 6) is -0.755. The molecule has 1 aliphatic heterocycles. The van der Waals surface area contributed by atoms with Gasteiger partial charge in [0.25, 0.3) is 5.91 Å². The van der Waals surface area contributed by atoms with Gasteiger partial charge in [0.05, 0.1) is 11.6 Å². The maximum Gasteiger partial charge on any atom is 0.257 e. The summed E-state index contributed by atoms with van der Waals surface area (Å²) in [4.78, 5) is 18.5. The van der Waals surface area contributed by atoms with E-state index in [9.17, 15) is 9.18 Å². The fraction of sp³-hybridized carbons (Fsp3) is 0.250. The molecule has 5 heteroatoms. The molecule has 1 unspecified atom stereocenters. The summed E-state index contributed by atoms with van der Waals surface area (Å²) in [6.07, 6.45) is 3.45. The third-order valence-electron chi connectivity index (χ3n) is 3.68. The summed E-state index contributed by atoms with van der Waals surface area (Å²) in [6.45, 7) is 1.90. The number of halogens is 1. The summed E-state index contributed by atoms with van der Waals surface area (Å²) in [5.41, 5.74) is 1.07. The van der Waals surface area contributed by atoms with E-state index in [0.717, 1.165) is 5.56 Å². The third kappa shape index (κ3) is 2.78. The number of nitrogens with zero attached hydrogens (tertiary/aromatic N) is 2. The fourth-order valence-corrected chi connectivity index (χ4v) is 2.61. The standard InChI is InChI=1S/C16H16FN3O/c17-14-6-2-1-5-13(14)16(21)20-9-8-19-11-15(20)12-4-3-7-18-10-12/h1-7,10,15,19H,8-9,11H2. The van der Waals surface area contributed by atoms with Gasteiger partial charge in [0.1, 0.15) is 5.82 Å². The monoisotopic (exact) mass is 285 g/mol. The number of aromatic nitrogens is 1. The van der Waals surface area contributed by atoms with Gasteiger partial charge in [0.2, 0.25) is 0 Å². The molecule has 3 rings (SSSR count). The van der Waals surface area contributed by atoms with Crippen molar-refractivity contribution < 1.29 is 9.18 Å². The van der Waals surface area contributed by atoms with Gasteiger partial charge >= 0.3 is 0 Å². The van der Waals surface area contributed by atoms with Crippen molar-refractivity contribution in [3.63, 3.8) is 0 Å². The average Bonchev–Trinajstić information content (AvgIpc) is 2.55. The second kappa shape index (κ2) is 6.01. The lowest BCUT2D eigenvalue weighted by Crippen LogP contribution is -2.48. The zero-order chi connectivity index (χ0) is 14.7. The van der Waals surface area contributed by atoms with Gasteiger partial charge in [-0.25, -0.2) is 4.39 Å². The van der Waals surface area contributed by atoms with E-state index in [4.69, 9.17) is 0 Å². The highest BCUT2D eigenvalue weighted by atomic mass is 19.1. The van der Waals surface area contributed by atoms with Gasteiger partial charge in [-0.1, -0.05) is 18.2 Å². The molecule has 21 heavy (non-hydrogen) atoms. The van der Waals surface area contributed by atoms with Gasteiger partial charge in [-0.2, -0.15) is 0 Å². The van der Waals surface area contributed by atoms with E-state index in [1.165, 1.54) is 12.1 Å². The Morgan fingerprint density at radius 2 is 2.14 bits per heavy atom. The van der Waals surface area contributed by atoms with Crippen LogP contribution in [0.4, 0.5) is 4.39 Å². The Morgan fingerprint density at radius 3 is 2.90 bits per heavy atom. The number of benzene rings is 1. The molecule has 0 saturated carbocycles. The highest BCUT2D eigenvalue weighted by Gasteiger charge is 2.29. The first kappa shape index (κ1) is 13.7. The quantitative estimate of drug-likeness (QED) is 0.918. The van der Waals surface area contributed by atoms with Crippen LogP contribution >= 0.6 is 0 Å². The highest BCUT2D eigenvalue weighted by Crippen LogP contribution is 2.24. The van der Waals surface area contributed by atoms with Crippen LogP contribution in [0.25, 0.3) is 0 Å². The molecule has 1 amide bonds. The Morgan fingerprint density at radius 1 is 1.29 bits per heavy atom. The zero-order valence-corrected chi connectivity index (χ0v) is 11.5. The van der Waals surface area contributed by atoms with Gasteiger partial charge in [0.15, 0.2) is 0 Å². The van der Waals surface area contributed by atoms with Crippen LogP contribution < -0.4 is 5.32 Å². The molecule has 1 atom stereocenters. The number of rotatable bonds is 2. The number of carbonyl (C=O) groups excluding carboxylic acids is 1. The number of piperazine rings is 1. The lowest BCUT2D eigenvalue weighted by atomic mass is 10.0. The number of carbonyl (C=O) groups is 1. The van der Waals surface area contributed by atoms with Gasteiger partial charge in [-0.3, -0.25) is 9.78 Å². The van der Waals surface area contributed by atoms with Crippen LogP contribution in [0.3, 0.4) is 0 Å². The molecule has 1 aromatic heterocycles. The van der Waals surface area contributed by atoms with Crippen LogP contribution in [-0.2, 0) is 0 Å². The fourth-order valence-electron chi connectivity index (χ4n) is 2.61. The number of hydrogen-bond acceptors (Lipinski definition) is 3. The van der Waals surface area contributed by atoms with Crippen LogP contribution in [0.15, 0.2) is 48.8 Å². The van der Waals surface area contributed by atoms with Gasteiger partial charge in [-0.05, 0) is 23.8 Å². The molecular formula is C16H16FN3O. The van der Waals surface area contributed by atoms with Crippen molar-refractivity contribution >= 4 is 5.91 Å². The summed E-state index contributed by atoms with van der Waals surface area (Å²) in [6, 6.07) is 9.76. The first-order valence-electron chi connectivity index (χ1n) is 6.93. The summed E-state index contributed by atoms with van der Waals surface area (Å²) in [7, 11) is 0. The van der Waals surface area contributed by atoms with E-state index < -0.39 is 5.82 Å². The van der Waals surface area contributed by atoms with Gasteiger partial charge in [-0.15, -0.1) is 0 Å². The molecule has 1 aliphatic rings. The smallest absolute Gasteiger partial charge is 0.257 e. The Bertz CT molecular complexity index is 632. The van der Waals surface area contributed by atoms with E-state index in [1.807, 2.05) is 12.1 Å². The van der Waals surface area contributed by atoms with Crippen molar-refractivity contribution in [2.45, 2.75) is 6.04 Å². The Labute approximate surface area is 122 Å². The van der Waals surface area contributed by atoms with E-state index in [0.29, 0.717) is 19.6 Å². The normalized spacial score (nSPS) is 18.5. The van der Waals surface area contributed by atoms with Crippen molar-refractivity contribution in [1.82, 2.24) is 15.2 Å². The number of nitrogens with one attached hydrogen (secondary N) is 1. The summed E-state index contributed by atoms with van der Waals surface area (Å²) >= 11 is 0. The molecule has 1 saturated heterocycles. The molecule has 0 spiro atoms. The van der Waals surface area contributed by atoms with E-state index in [-0.39, 0.29) is 17.5 Å². The summed E-state index contributed by atoms with van der Waals surface area (Å²) in [5, 5.41) is 3.27. The second-order valence-electron chi connectivity index (χ2n) is 4.98. The van der Waals surface area contributed by atoms with Crippen LogP contribution in [0, 0.1) is 5.82 Å². The molecule has 108 valence electrons. The van der Waals surface area contributed by atoms with Crippen LogP contribution in [0.2, 0.25) is 0 Å². The summed E-state index contributed by atoms with van der Waals surface area (Å²) < 4.78 is 13.8. The molecule has 0 radical (unpaired) electrons. The largest absolute Gasteiger partial charge is 0.329 e. The minimum absolute atomic E-state index is 0.119. The molecule has 0 aliphatic carbocycles. The van der Waals surface area contributed by atoms with E-state index in [1.54, 1.807) is 29.4 Å². The highest BCUT2D eigenvalue weighted by molar-refractivity contribution is 5.94. The number of pyridine rings is 1. The average molecular weight is 285 g/mol. The first-order chi connectivity index (χ1) is 10.3. The maximum atomic E-state index is 13.8.